The summed E-state index contributed by atoms with van der Waals surface area (Å²) < 4.78 is 149. The van der Waals surface area contributed by atoms with Crippen molar-refractivity contribution in [3.63, 3.8) is 0 Å². The summed E-state index contributed by atoms with van der Waals surface area (Å²) in [5, 5.41) is 2.49. The molecule has 10 rings (SSSR count). The number of H-pyrrole nitrogens is 3. The van der Waals surface area contributed by atoms with Crippen molar-refractivity contribution in [2.24, 2.45) is 0 Å². The summed E-state index contributed by atoms with van der Waals surface area (Å²) in [5.74, 6) is -12.5. The first-order valence-corrected chi connectivity index (χ1v) is 21.8. The van der Waals surface area contributed by atoms with Crippen LogP contribution in [0.15, 0.2) is 78.9 Å². The van der Waals surface area contributed by atoms with Crippen LogP contribution in [0.5, 0.6) is 17.2 Å². The second-order valence-corrected chi connectivity index (χ2v) is 16.5. The van der Waals surface area contributed by atoms with Crippen LogP contribution >= 0.6 is 0 Å². The normalized spacial score (nSPS) is 13.1. The SMILES string of the molecule is COc1cc(OC)c(-c2c3nc(c(-c4c(F)c(F)c(NCc5ccccc5)c(F)c4F)c4ccc([nH]4)c4ccc([nH]4)c(-c4c(F)c(F)c(N5CCCCC5)c(F)c4F)c4ccc2[nH]4)C=C3)c(OC)c1. The number of nitrogens with one attached hydrogen (secondary N) is 4. The van der Waals surface area contributed by atoms with E-state index in [9.17, 15) is 0 Å². The van der Waals surface area contributed by atoms with Crippen molar-refractivity contribution in [2.45, 2.75) is 25.8 Å². The summed E-state index contributed by atoms with van der Waals surface area (Å²) in [4.78, 5) is 15.5. The standard InChI is InChI=1S/C52H40F8N6O3/c1-67-26-22-35(68-2)40(36(23-26)69-3)37-29-16-18-33(64-29)38(41-43(53)47(57)51(48(58)44(41)54)61-24-25-10-6-4-7-11-25)31-14-12-27(62-31)28-13-15-32(63-28)39(34-19-17-30(37)65-34)42-45(55)49(59)52(50(60)46(42)56)66-20-8-5-9-21-66/h4,6-7,10-19,22-23,61-63,65H,5,8-9,20-21,24H2,1-3H3. The summed E-state index contributed by atoms with van der Waals surface area (Å²) in [6.45, 7) is 0.252. The number of aromatic nitrogens is 4. The van der Waals surface area contributed by atoms with E-state index in [1.807, 2.05) is 0 Å². The monoisotopic (exact) mass is 948 g/mol. The predicted octanol–water partition coefficient (Wildman–Crippen LogP) is 13.4. The lowest BCUT2D eigenvalue weighted by molar-refractivity contribution is 0.377. The molecule has 1 saturated heterocycles. The van der Waals surface area contributed by atoms with Gasteiger partial charge in [-0.2, -0.15) is 0 Å². The van der Waals surface area contributed by atoms with E-state index in [4.69, 9.17) is 19.2 Å². The maximum Gasteiger partial charge on any atom is 0.185 e. The van der Waals surface area contributed by atoms with Gasteiger partial charge in [-0.25, -0.2) is 40.1 Å². The highest BCUT2D eigenvalue weighted by Gasteiger charge is 2.33. The van der Waals surface area contributed by atoms with E-state index < -0.39 is 69.0 Å². The fourth-order valence-electron chi connectivity index (χ4n) is 9.22. The van der Waals surface area contributed by atoms with Gasteiger partial charge < -0.3 is 39.4 Å². The lowest BCUT2D eigenvalue weighted by Gasteiger charge is -2.30. The Kier molecular flexibility index (Phi) is 11.7. The number of hydrogen-bond donors (Lipinski definition) is 4. The van der Waals surface area contributed by atoms with Crippen molar-refractivity contribution in [3.8, 4) is 50.6 Å². The topological polar surface area (TPSA) is 103 Å². The van der Waals surface area contributed by atoms with E-state index >= 15 is 35.1 Å². The van der Waals surface area contributed by atoms with Gasteiger partial charge in [-0.3, -0.25) is 0 Å². The van der Waals surface area contributed by atoms with E-state index in [-0.39, 0.29) is 97.9 Å². The summed E-state index contributed by atoms with van der Waals surface area (Å²) in [7, 11) is 4.19. The van der Waals surface area contributed by atoms with Gasteiger partial charge >= 0.3 is 0 Å². The molecule has 4 N–H and O–H groups in total. The van der Waals surface area contributed by atoms with Crippen molar-refractivity contribution >= 4 is 56.6 Å². The second kappa shape index (κ2) is 17.9. The molecule has 0 aliphatic carbocycles. The lowest BCUT2D eigenvalue weighted by Crippen LogP contribution is -2.31. The molecular formula is C52H40F8N6O3. The minimum absolute atomic E-state index is 0.00920. The van der Waals surface area contributed by atoms with Gasteiger partial charge in [0.15, 0.2) is 46.5 Å². The lowest BCUT2D eigenvalue weighted by atomic mass is 10.0. The van der Waals surface area contributed by atoms with Crippen LogP contribution < -0.4 is 24.4 Å². The Hall–Kier alpha value is -7.95. The summed E-state index contributed by atoms with van der Waals surface area (Å²) >= 11 is 0. The Morgan fingerprint density at radius 2 is 0.942 bits per heavy atom. The molecule has 9 nitrogen and oxygen atoms in total. The molecule has 8 aromatic rings. The molecule has 2 aliphatic heterocycles. The van der Waals surface area contributed by atoms with Crippen LogP contribution in [0.3, 0.4) is 0 Å². The molecule has 0 amide bonds. The van der Waals surface area contributed by atoms with Gasteiger partial charge in [0.1, 0.15) is 28.6 Å². The largest absolute Gasteiger partial charge is 0.496 e. The molecule has 0 saturated carbocycles. The molecular weight excluding hydrogens is 909 g/mol. The third-order valence-corrected chi connectivity index (χ3v) is 12.5. The number of rotatable bonds is 10. The fourth-order valence-corrected chi connectivity index (χ4v) is 9.22. The van der Waals surface area contributed by atoms with Gasteiger partial charge in [0.2, 0.25) is 0 Å². The zero-order valence-electron chi connectivity index (χ0n) is 37.0. The van der Waals surface area contributed by atoms with E-state index in [1.54, 1.807) is 42.5 Å². The highest BCUT2D eigenvalue weighted by atomic mass is 19.2. The Morgan fingerprint density at radius 1 is 0.493 bits per heavy atom. The van der Waals surface area contributed by atoms with Gasteiger partial charge in [0.05, 0.1) is 60.4 Å². The number of anilines is 2. The summed E-state index contributed by atoms with van der Waals surface area (Å²) in [5.41, 5.74) is -3.10. The van der Waals surface area contributed by atoms with E-state index in [0.717, 1.165) is 6.42 Å². The summed E-state index contributed by atoms with van der Waals surface area (Å²) in [6, 6.07) is 20.4. The highest BCUT2D eigenvalue weighted by molar-refractivity contribution is 6.01. The number of benzene rings is 4. The van der Waals surface area contributed by atoms with Crippen LogP contribution in [-0.4, -0.2) is 54.4 Å². The third kappa shape index (κ3) is 7.61. The summed E-state index contributed by atoms with van der Waals surface area (Å²) in [6.07, 6.45) is 4.83. The molecule has 0 radical (unpaired) electrons. The minimum atomic E-state index is -1.72. The average molecular weight is 949 g/mol. The molecule has 8 bridgehead atoms. The number of methoxy groups -OCH3 is 3. The van der Waals surface area contributed by atoms with Crippen LogP contribution in [0.4, 0.5) is 46.5 Å². The van der Waals surface area contributed by atoms with E-state index in [0.29, 0.717) is 24.2 Å². The quantitative estimate of drug-likeness (QED) is 0.0804. The smallest absolute Gasteiger partial charge is 0.185 e. The zero-order chi connectivity index (χ0) is 48.2. The average Bonchev–Trinajstić information content (AvgIpc) is 4.23. The van der Waals surface area contributed by atoms with Crippen LogP contribution in [0, 0.1) is 46.5 Å². The molecule has 1 fully saturated rings. The van der Waals surface area contributed by atoms with Gasteiger partial charge in [0, 0.05) is 70.5 Å². The van der Waals surface area contributed by atoms with Gasteiger partial charge in [-0.1, -0.05) is 30.3 Å². The van der Waals surface area contributed by atoms with Gasteiger partial charge in [0.25, 0.3) is 0 Å². The molecule has 352 valence electrons. The minimum Gasteiger partial charge on any atom is -0.496 e. The molecule has 17 heteroatoms. The molecule has 0 atom stereocenters. The van der Waals surface area contributed by atoms with Crippen molar-refractivity contribution in [1.29, 1.82) is 0 Å². The molecule has 0 unspecified atom stereocenters. The second-order valence-electron chi connectivity index (χ2n) is 16.5. The van der Waals surface area contributed by atoms with Gasteiger partial charge in [-0.15, -0.1) is 0 Å². The predicted molar refractivity (Wildman–Crippen MR) is 251 cm³/mol. The molecule has 6 heterocycles. The molecule has 4 aromatic heterocycles. The number of aromatic amines is 3. The third-order valence-electron chi connectivity index (χ3n) is 12.5. The highest BCUT2D eigenvalue weighted by Crippen LogP contribution is 2.47. The van der Waals surface area contributed by atoms with Crippen molar-refractivity contribution in [2.75, 3.05) is 44.6 Å². The molecule has 69 heavy (non-hydrogen) atoms. The molecule has 4 aromatic carbocycles. The van der Waals surface area contributed by atoms with Crippen molar-refractivity contribution in [3.05, 3.63) is 142 Å². The first kappa shape index (κ1) is 44.9. The number of halogens is 8. The van der Waals surface area contributed by atoms with Crippen molar-refractivity contribution in [1.82, 2.24) is 19.9 Å². The Balaban J connectivity index is 1.32. The van der Waals surface area contributed by atoms with Crippen LogP contribution in [0.1, 0.15) is 36.2 Å². The number of ether oxygens (including phenoxy) is 3. The maximum atomic E-state index is 16.8. The Labute approximate surface area is 388 Å². The number of fused-ring (bicyclic) bond motifs is 9. The van der Waals surface area contributed by atoms with E-state index in [2.05, 4.69) is 20.3 Å². The van der Waals surface area contributed by atoms with Crippen LogP contribution in [0.25, 0.3) is 78.6 Å². The van der Waals surface area contributed by atoms with E-state index in [1.165, 1.54) is 74.8 Å². The Morgan fingerprint density at radius 3 is 1.45 bits per heavy atom. The molecule has 2 aliphatic rings. The Bertz CT molecular complexity index is 3420. The molecule has 0 spiro atoms. The van der Waals surface area contributed by atoms with Crippen molar-refractivity contribution < 1.29 is 49.3 Å². The number of hydrogen-bond acceptors (Lipinski definition) is 6. The maximum absolute atomic E-state index is 16.8. The first-order chi connectivity index (χ1) is 33.4. The van der Waals surface area contributed by atoms with Crippen LogP contribution in [-0.2, 0) is 6.54 Å². The van der Waals surface area contributed by atoms with Crippen LogP contribution in [0.2, 0.25) is 0 Å². The first-order valence-electron chi connectivity index (χ1n) is 21.8. The van der Waals surface area contributed by atoms with Gasteiger partial charge in [-0.05, 0) is 73.4 Å². The zero-order valence-corrected chi connectivity index (χ0v) is 37.0. The number of nitrogens with zero attached hydrogens (tertiary/aromatic N) is 2. The number of piperidine rings is 1. The fraction of sp³-hybridized carbons (Fsp3) is 0.173.